The SMILES string of the molecule is C#CCn1c(-n2cccn2)nc2c(N)nc(N(Cc3ccccc3)C(=O)C(C)(C)C)nc21. The van der Waals surface area contributed by atoms with E-state index in [1.54, 1.807) is 32.6 Å². The van der Waals surface area contributed by atoms with E-state index >= 15 is 0 Å². The van der Waals surface area contributed by atoms with Crippen LogP contribution in [0.25, 0.3) is 17.1 Å². The molecule has 0 bridgehead atoms. The number of fused-ring (bicyclic) bond motifs is 1. The summed E-state index contributed by atoms with van der Waals surface area (Å²) in [6, 6.07) is 11.4. The van der Waals surface area contributed by atoms with Gasteiger partial charge in [0.25, 0.3) is 0 Å². The molecule has 0 saturated heterocycles. The van der Waals surface area contributed by atoms with Crippen molar-refractivity contribution in [2.75, 3.05) is 10.6 Å². The van der Waals surface area contributed by atoms with E-state index in [1.807, 2.05) is 51.1 Å². The van der Waals surface area contributed by atoms with Crippen molar-refractivity contribution in [1.29, 1.82) is 0 Å². The van der Waals surface area contributed by atoms with Gasteiger partial charge in [-0.25, -0.2) is 9.67 Å². The van der Waals surface area contributed by atoms with Crippen molar-refractivity contribution in [1.82, 2.24) is 29.3 Å². The molecule has 0 saturated carbocycles. The number of nitrogens with zero attached hydrogens (tertiary/aromatic N) is 7. The lowest BCUT2D eigenvalue weighted by atomic mass is 9.94. The first-order valence-corrected chi connectivity index (χ1v) is 10.1. The van der Waals surface area contributed by atoms with Crippen molar-refractivity contribution >= 4 is 28.8 Å². The molecule has 1 aromatic carbocycles. The number of imidazole rings is 1. The average molecular weight is 429 g/mol. The van der Waals surface area contributed by atoms with E-state index < -0.39 is 5.41 Å². The monoisotopic (exact) mass is 428 g/mol. The van der Waals surface area contributed by atoms with Gasteiger partial charge in [-0.15, -0.1) is 6.42 Å². The van der Waals surface area contributed by atoms with Crippen molar-refractivity contribution in [2.24, 2.45) is 5.41 Å². The number of hydrogen-bond acceptors (Lipinski definition) is 6. The Hall–Kier alpha value is -4.19. The standard InChI is InChI=1S/C23H24N8O/c1-5-13-29-19-17(26-22(29)31-14-9-12-25-31)18(24)27-21(28-19)30(20(32)23(2,3)4)15-16-10-7-6-8-11-16/h1,6-12,14H,13,15H2,2-4H3,(H2,24,27,28). The molecule has 0 aliphatic heterocycles. The molecule has 2 N–H and O–H groups in total. The zero-order chi connectivity index (χ0) is 22.9. The molecule has 0 aliphatic rings. The number of hydrogen-bond donors (Lipinski definition) is 1. The maximum absolute atomic E-state index is 13.4. The van der Waals surface area contributed by atoms with Gasteiger partial charge in [0, 0.05) is 17.8 Å². The Morgan fingerprint density at radius 3 is 2.53 bits per heavy atom. The number of nitrogen functional groups attached to an aromatic ring is 1. The molecule has 9 heteroatoms. The van der Waals surface area contributed by atoms with Crippen molar-refractivity contribution in [3.63, 3.8) is 0 Å². The van der Waals surface area contributed by atoms with Gasteiger partial charge in [0.05, 0.1) is 13.1 Å². The minimum absolute atomic E-state index is 0.129. The summed E-state index contributed by atoms with van der Waals surface area (Å²) >= 11 is 0. The van der Waals surface area contributed by atoms with Crippen LogP contribution in [0.15, 0.2) is 48.8 Å². The number of benzene rings is 1. The van der Waals surface area contributed by atoms with Crippen LogP contribution in [0.1, 0.15) is 26.3 Å². The number of carbonyl (C=O) groups is 1. The molecule has 0 radical (unpaired) electrons. The van der Waals surface area contributed by atoms with E-state index in [9.17, 15) is 4.79 Å². The van der Waals surface area contributed by atoms with Crippen LogP contribution in [0.3, 0.4) is 0 Å². The smallest absolute Gasteiger partial charge is 0.236 e. The van der Waals surface area contributed by atoms with E-state index in [0.717, 1.165) is 5.56 Å². The Morgan fingerprint density at radius 2 is 1.91 bits per heavy atom. The molecule has 0 aliphatic carbocycles. The molecule has 4 aromatic rings. The third-order valence-corrected chi connectivity index (χ3v) is 4.86. The van der Waals surface area contributed by atoms with Crippen molar-refractivity contribution in [2.45, 2.75) is 33.9 Å². The largest absolute Gasteiger partial charge is 0.382 e. The van der Waals surface area contributed by atoms with Crippen LogP contribution in [0.5, 0.6) is 0 Å². The second-order valence-electron chi connectivity index (χ2n) is 8.36. The molecule has 3 aromatic heterocycles. The van der Waals surface area contributed by atoms with Gasteiger partial charge in [0.2, 0.25) is 17.8 Å². The predicted molar refractivity (Wildman–Crippen MR) is 123 cm³/mol. The Morgan fingerprint density at radius 1 is 1.16 bits per heavy atom. The second kappa shape index (κ2) is 8.15. The van der Waals surface area contributed by atoms with E-state index in [-0.39, 0.29) is 24.2 Å². The number of aromatic nitrogens is 6. The lowest BCUT2D eigenvalue weighted by Crippen LogP contribution is -2.40. The van der Waals surface area contributed by atoms with Crippen LogP contribution in [0, 0.1) is 17.8 Å². The molecule has 32 heavy (non-hydrogen) atoms. The molecule has 3 heterocycles. The first-order chi connectivity index (χ1) is 15.3. The van der Waals surface area contributed by atoms with Crippen molar-refractivity contribution < 1.29 is 4.79 Å². The summed E-state index contributed by atoms with van der Waals surface area (Å²) in [5, 5.41) is 4.24. The molecule has 162 valence electrons. The predicted octanol–water partition coefficient (Wildman–Crippen LogP) is 2.81. The maximum Gasteiger partial charge on any atom is 0.236 e. The van der Waals surface area contributed by atoms with Crippen molar-refractivity contribution in [3.05, 3.63) is 54.4 Å². The van der Waals surface area contributed by atoms with Crippen LogP contribution in [-0.4, -0.2) is 35.2 Å². The minimum Gasteiger partial charge on any atom is -0.382 e. The number of amides is 1. The van der Waals surface area contributed by atoms with Gasteiger partial charge in [-0.05, 0) is 11.6 Å². The number of terminal acetylenes is 1. The molecule has 0 spiro atoms. The van der Waals surface area contributed by atoms with Gasteiger partial charge < -0.3 is 5.73 Å². The number of anilines is 2. The van der Waals surface area contributed by atoms with Crippen LogP contribution < -0.4 is 10.6 Å². The normalized spacial score (nSPS) is 11.4. The molecule has 0 atom stereocenters. The number of rotatable bonds is 5. The third kappa shape index (κ3) is 3.90. The van der Waals surface area contributed by atoms with Crippen LogP contribution >= 0.6 is 0 Å². The highest BCUT2D eigenvalue weighted by atomic mass is 16.2. The summed E-state index contributed by atoms with van der Waals surface area (Å²) in [7, 11) is 0. The summed E-state index contributed by atoms with van der Waals surface area (Å²) in [4.78, 5) is 28.6. The highest BCUT2D eigenvalue weighted by Gasteiger charge is 2.31. The first kappa shape index (κ1) is 21.1. The highest BCUT2D eigenvalue weighted by molar-refractivity contribution is 5.96. The molecular formula is C23H24N8O. The zero-order valence-electron chi connectivity index (χ0n) is 18.2. The van der Waals surface area contributed by atoms with E-state index in [4.69, 9.17) is 17.1 Å². The fourth-order valence-electron chi connectivity index (χ4n) is 3.32. The molecule has 1 amide bonds. The van der Waals surface area contributed by atoms with Gasteiger partial charge in [-0.2, -0.15) is 15.1 Å². The lowest BCUT2D eigenvalue weighted by molar-refractivity contribution is -0.126. The minimum atomic E-state index is -0.652. The van der Waals surface area contributed by atoms with Crippen molar-refractivity contribution in [3.8, 4) is 18.3 Å². The fraction of sp³-hybridized carbons (Fsp3) is 0.261. The van der Waals surface area contributed by atoms with Crippen LogP contribution in [0.2, 0.25) is 0 Å². The summed E-state index contributed by atoms with van der Waals surface area (Å²) in [6.45, 7) is 6.07. The molecule has 0 fully saturated rings. The molecular weight excluding hydrogens is 404 g/mol. The third-order valence-electron chi connectivity index (χ3n) is 4.86. The summed E-state index contributed by atoms with van der Waals surface area (Å²) in [5.74, 6) is 3.32. The molecule has 4 rings (SSSR count). The Kier molecular flexibility index (Phi) is 5.36. The van der Waals surface area contributed by atoms with E-state index in [1.165, 1.54) is 0 Å². The van der Waals surface area contributed by atoms with Gasteiger partial charge in [-0.1, -0.05) is 57.0 Å². The number of carbonyl (C=O) groups excluding carboxylic acids is 1. The summed E-state index contributed by atoms with van der Waals surface area (Å²) in [5.41, 5.74) is 7.42. The fourth-order valence-corrected chi connectivity index (χ4v) is 3.32. The Balaban J connectivity index is 1.89. The van der Waals surface area contributed by atoms with Gasteiger partial charge in [0.1, 0.15) is 0 Å². The highest BCUT2D eigenvalue weighted by Crippen LogP contribution is 2.28. The summed E-state index contributed by atoms with van der Waals surface area (Å²) in [6.07, 6.45) is 9.01. The zero-order valence-corrected chi connectivity index (χ0v) is 18.2. The van der Waals surface area contributed by atoms with E-state index in [0.29, 0.717) is 23.7 Å². The Labute approximate surface area is 185 Å². The quantitative estimate of drug-likeness (QED) is 0.490. The summed E-state index contributed by atoms with van der Waals surface area (Å²) < 4.78 is 3.31. The molecule has 9 nitrogen and oxygen atoms in total. The van der Waals surface area contributed by atoms with Gasteiger partial charge >= 0.3 is 0 Å². The van der Waals surface area contributed by atoms with Crippen LogP contribution in [0.4, 0.5) is 11.8 Å². The van der Waals surface area contributed by atoms with Gasteiger partial charge in [-0.3, -0.25) is 14.3 Å². The Bertz CT molecular complexity index is 1290. The first-order valence-electron chi connectivity index (χ1n) is 10.1. The second-order valence-corrected chi connectivity index (χ2v) is 8.36. The lowest BCUT2D eigenvalue weighted by Gasteiger charge is -2.28. The molecule has 0 unspecified atom stereocenters. The van der Waals surface area contributed by atoms with Gasteiger partial charge in [0.15, 0.2) is 17.0 Å². The number of nitrogens with two attached hydrogens (primary N) is 1. The van der Waals surface area contributed by atoms with E-state index in [2.05, 4.69) is 21.0 Å². The topological polar surface area (TPSA) is 108 Å². The average Bonchev–Trinajstić information content (AvgIpc) is 3.41. The van der Waals surface area contributed by atoms with Crippen LogP contribution in [-0.2, 0) is 17.9 Å². The maximum atomic E-state index is 13.4.